The van der Waals surface area contributed by atoms with Crippen LogP contribution in [-0.2, 0) is 6.42 Å². The number of hydrogen-bond donors (Lipinski definition) is 0. The van der Waals surface area contributed by atoms with Crippen molar-refractivity contribution in [3.8, 4) is 11.3 Å². The van der Waals surface area contributed by atoms with Crippen LogP contribution in [0.25, 0.3) is 11.3 Å². The third kappa shape index (κ3) is 3.89. The van der Waals surface area contributed by atoms with Crippen molar-refractivity contribution in [3.63, 3.8) is 0 Å². The Morgan fingerprint density at radius 1 is 0.852 bits per heavy atom. The Balaban J connectivity index is 1.53. The molecular weight excluding hydrogens is 336 g/mol. The van der Waals surface area contributed by atoms with Gasteiger partial charge >= 0.3 is 0 Å². The van der Waals surface area contributed by atoms with E-state index < -0.39 is 0 Å². The van der Waals surface area contributed by atoms with Gasteiger partial charge in [0.05, 0.1) is 5.69 Å². The fourth-order valence-electron chi connectivity index (χ4n) is 3.47. The Morgan fingerprint density at radius 2 is 1.56 bits per heavy atom. The summed E-state index contributed by atoms with van der Waals surface area (Å²) in [5.41, 5.74) is 3.33. The van der Waals surface area contributed by atoms with Crippen molar-refractivity contribution in [2.75, 3.05) is 36.0 Å². The fraction of sp³-hybridized carbons (Fsp3) is 0.333. The van der Waals surface area contributed by atoms with Crippen molar-refractivity contribution in [3.05, 3.63) is 60.4 Å². The molecule has 0 unspecified atom stereocenters. The van der Waals surface area contributed by atoms with Crippen LogP contribution >= 0.6 is 0 Å². The molecule has 0 amide bonds. The number of nitrogens with zero attached hydrogens (tertiary/aromatic N) is 6. The Labute approximate surface area is 159 Å². The van der Waals surface area contributed by atoms with E-state index in [9.17, 15) is 0 Å². The van der Waals surface area contributed by atoms with Gasteiger partial charge in [0, 0.05) is 44.1 Å². The third-order valence-corrected chi connectivity index (χ3v) is 4.85. The summed E-state index contributed by atoms with van der Waals surface area (Å²) in [6.07, 6.45) is 5.68. The zero-order chi connectivity index (χ0) is 18.5. The maximum absolute atomic E-state index is 4.62. The predicted molar refractivity (Wildman–Crippen MR) is 108 cm³/mol. The van der Waals surface area contributed by atoms with Crippen LogP contribution in [-0.4, -0.2) is 46.3 Å². The monoisotopic (exact) mass is 360 g/mol. The van der Waals surface area contributed by atoms with Crippen molar-refractivity contribution in [1.82, 2.24) is 20.2 Å². The predicted octanol–water partition coefficient (Wildman–Crippen LogP) is 3.21. The lowest BCUT2D eigenvalue weighted by atomic mass is 10.1. The SMILES string of the molecule is CCCc1cc(-c2ccccc2)nnc1N1CCN(c2ncccn2)CC1. The molecule has 1 aliphatic rings. The number of aryl methyl sites for hydroxylation is 1. The third-order valence-electron chi connectivity index (χ3n) is 4.85. The summed E-state index contributed by atoms with van der Waals surface area (Å²) in [5, 5.41) is 9.14. The molecule has 0 N–H and O–H groups in total. The minimum Gasteiger partial charge on any atom is -0.351 e. The Hall–Kier alpha value is -3.02. The highest BCUT2D eigenvalue weighted by Gasteiger charge is 2.22. The normalized spacial score (nSPS) is 14.4. The van der Waals surface area contributed by atoms with E-state index in [0.29, 0.717) is 0 Å². The standard InChI is InChI=1S/C21H24N6/c1-2-7-18-16-19(17-8-4-3-5-9-17)24-25-20(18)26-12-14-27(15-13-26)21-22-10-6-11-23-21/h3-6,8-11,16H,2,7,12-15H2,1H3. The lowest BCUT2D eigenvalue weighted by molar-refractivity contribution is 0.628. The first-order valence-corrected chi connectivity index (χ1v) is 9.54. The molecule has 1 aromatic carbocycles. The van der Waals surface area contributed by atoms with Gasteiger partial charge in [-0.05, 0) is 24.1 Å². The van der Waals surface area contributed by atoms with E-state index >= 15 is 0 Å². The van der Waals surface area contributed by atoms with Crippen LogP contribution in [0.4, 0.5) is 11.8 Å². The molecule has 1 fully saturated rings. The van der Waals surface area contributed by atoms with Crippen LogP contribution in [0.2, 0.25) is 0 Å². The molecular formula is C21H24N6. The zero-order valence-electron chi connectivity index (χ0n) is 15.6. The molecule has 3 heterocycles. The first-order chi connectivity index (χ1) is 13.3. The molecule has 6 nitrogen and oxygen atoms in total. The molecule has 6 heteroatoms. The highest BCUT2D eigenvalue weighted by molar-refractivity contribution is 5.62. The highest BCUT2D eigenvalue weighted by atomic mass is 15.3. The van der Waals surface area contributed by atoms with Gasteiger partial charge in [-0.15, -0.1) is 10.2 Å². The second-order valence-corrected chi connectivity index (χ2v) is 6.72. The van der Waals surface area contributed by atoms with Gasteiger partial charge in [-0.1, -0.05) is 43.7 Å². The minimum absolute atomic E-state index is 0.802. The van der Waals surface area contributed by atoms with Crippen molar-refractivity contribution in [1.29, 1.82) is 0 Å². The van der Waals surface area contributed by atoms with Gasteiger partial charge in [-0.2, -0.15) is 0 Å². The zero-order valence-corrected chi connectivity index (χ0v) is 15.6. The van der Waals surface area contributed by atoms with Crippen LogP contribution in [0.15, 0.2) is 54.9 Å². The Morgan fingerprint density at radius 3 is 2.26 bits per heavy atom. The number of anilines is 2. The van der Waals surface area contributed by atoms with Crippen LogP contribution in [0, 0.1) is 0 Å². The molecule has 138 valence electrons. The molecule has 0 atom stereocenters. The first kappa shape index (κ1) is 17.4. The molecule has 4 rings (SSSR count). The largest absolute Gasteiger partial charge is 0.351 e. The molecule has 3 aromatic rings. The molecule has 27 heavy (non-hydrogen) atoms. The summed E-state index contributed by atoms with van der Waals surface area (Å²) < 4.78 is 0. The van der Waals surface area contributed by atoms with Gasteiger partial charge in [0.1, 0.15) is 0 Å². The molecule has 0 spiro atoms. The van der Waals surface area contributed by atoms with Gasteiger partial charge in [0.25, 0.3) is 0 Å². The van der Waals surface area contributed by atoms with Crippen LogP contribution in [0.5, 0.6) is 0 Å². The summed E-state index contributed by atoms with van der Waals surface area (Å²) in [7, 11) is 0. The second-order valence-electron chi connectivity index (χ2n) is 6.72. The molecule has 1 aliphatic heterocycles. The molecule has 0 saturated carbocycles. The maximum atomic E-state index is 4.62. The minimum atomic E-state index is 0.802. The maximum Gasteiger partial charge on any atom is 0.225 e. The van der Waals surface area contributed by atoms with Gasteiger partial charge in [-0.3, -0.25) is 0 Å². The lowest BCUT2D eigenvalue weighted by Crippen LogP contribution is -2.47. The smallest absolute Gasteiger partial charge is 0.225 e. The molecule has 0 bridgehead atoms. The summed E-state index contributed by atoms with van der Waals surface area (Å²) in [5.74, 6) is 1.82. The van der Waals surface area contributed by atoms with E-state index in [-0.39, 0.29) is 0 Å². The topological polar surface area (TPSA) is 58.0 Å². The number of hydrogen-bond acceptors (Lipinski definition) is 6. The van der Waals surface area contributed by atoms with Crippen LogP contribution in [0.3, 0.4) is 0 Å². The summed E-state index contributed by atoms with van der Waals surface area (Å²) >= 11 is 0. The number of benzene rings is 1. The Bertz CT molecular complexity index is 860. The van der Waals surface area contributed by atoms with E-state index in [1.165, 1.54) is 5.56 Å². The fourth-order valence-corrected chi connectivity index (χ4v) is 3.47. The lowest BCUT2D eigenvalue weighted by Gasteiger charge is -2.36. The Kier molecular flexibility index (Phi) is 5.23. The second kappa shape index (κ2) is 8.12. The van der Waals surface area contributed by atoms with Crippen LogP contribution < -0.4 is 9.80 Å². The van der Waals surface area contributed by atoms with Gasteiger partial charge in [-0.25, -0.2) is 9.97 Å². The highest BCUT2D eigenvalue weighted by Crippen LogP contribution is 2.25. The number of rotatable bonds is 5. The van der Waals surface area contributed by atoms with E-state index in [4.69, 9.17) is 0 Å². The summed E-state index contributed by atoms with van der Waals surface area (Å²) in [4.78, 5) is 13.3. The van der Waals surface area contributed by atoms with Crippen molar-refractivity contribution >= 4 is 11.8 Å². The molecule has 0 radical (unpaired) electrons. The average Bonchev–Trinajstić information content (AvgIpc) is 2.75. The van der Waals surface area contributed by atoms with Gasteiger partial charge < -0.3 is 9.80 Å². The molecule has 1 saturated heterocycles. The summed E-state index contributed by atoms with van der Waals surface area (Å²) in [6.45, 7) is 5.77. The number of aromatic nitrogens is 4. The van der Waals surface area contributed by atoms with E-state index in [1.807, 2.05) is 24.3 Å². The van der Waals surface area contributed by atoms with Gasteiger partial charge in [0.15, 0.2) is 5.82 Å². The molecule has 0 aliphatic carbocycles. The number of piperazine rings is 1. The average molecular weight is 360 g/mol. The van der Waals surface area contributed by atoms with Crippen LogP contribution in [0.1, 0.15) is 18.9 Å². The van der Waals surface area contributed by atoms with E-state index in [0.717, 1.165) is 62.0 Å². The molecule has 2 aromatic heterocycles. The first-order valence-electron chi connectivity index (χ1n) is 9.54. The quantitative estimate of drug-likeness (QED) is 0.696. The van der Waals surface area contributed by atoms with E-state index in [2.05, 4.69) is 55.1 Å². The van der Waals surface area contributed by atoms with Gasteiger partial charge in [0.2, 0.25) is 5.95 Å². The van der Waals surface area contributed by atoms with Crippen molar-refractivity contribution in [2.45, 2.75) is 19.8 Å². The van der Waals surface area contributed by atoms with E-state index in [1.54, 1.807) is 12.4 Å². The van der Waals surface area contributed by atoms with Crippen molar-refractivity contribution in [2.24, 2.45) is 0 Å². The summed E-state index contributed by atoms with van der Waals surface area (Å²) in [6, 6.07) is 14.3. The van der Waals surface area contributed by atoms with Crippen molar-refractivity contribution < 1.29 is 0 Å².